The largest absolute Gasteiger partial charge is 0.462 e. The van der Waals surface area contributed by atoms with Gasteiger partial charge in [0.15, 0.2) is 0 Å². The highest BCUT2D eigenvalue weighted by molar-refractivity contribution is 7.92. The van der Waals surface area contributed by atoms with E-state index in [1.165, 1.54) is 0 Å². The van der Waals surface area contributed by atoms with E-state index in [1.807, 2.05) is 13.8 Å². The molecule has 1 amide bonds. The minimum atomic E-state index is -3.75. The Morgan fingerprint density at radius 1 is 0.818 bits per heavy atom. The fourth-order valence-corrected chi connectivity index (χ4v) is 4.26. The molecule has 0 saturated heterocycles. The monoisotopic (exact) mass is 466 g/mol. The fourth-order valence-electron chi connectivity index (χ4n) is 3.13. The number of hydrogen-bond acceptors (Lipinski definition) is 5. The van der Waals surface area contributed by atoms with Gasteiger partial charge in [-0.3, -0.25) is 9.52 Å². The molecule has 3 aromatic carbocycles. The van der Waals surface area contributed by atoms with Crippen molar-refractivity contribution in [3.05, 3.63) is 88.5 Å². The number of esters is 1. The molecule has 0 unspecified atom stereocenters. The van der Waals surface area contributed by atoms with Crippen LogP contribution in [0.1, 0.15) is 44.3 Å². The summed E-state index contributed by atoms with van der Waals surface area (Å²) in [7, 11) is -3.75. The first kappa shape index (κ1) is 24.0. The number of carbonyl (C=O) groups excluding carboxylic acids is 2. The lowest BCUT2D eigenvalue weighted by Gasteiger charge is -2.13. The maximum Gasteiger partial charge on any atom is 0.338 e. The number of nitrogens with one attached hydrogen (secondary N) is 2. The third-order valence-electron chi connectivity index (χ3n) is 5.06. The second-order valence-corrected chi connectivity index (χ2v) is 9.33. The number of ether oxygens (including phenoxy) is 1. The highest BCUT2D eigenvalue weighted by atomic mass is 32.2. The Bertz CT molecular complexity index is 1300. The number of amides is 1. The molecule has 33 heavy (non-hydrogen) atoms. The standard InChI is InChI=1S/C25H26N2O5S/c1-5-32-25(29)20-9-8-17(3)23(15-20)26-24(28)19-10-13-22(18(4)14-19)27-33(30,31)21-11-6-16(2)7-12-21/h6-15,27H,5H2,1-4H3,(H,26,28). The number of aryl methyl sites for hydroxylation is 3. The minimum absolute atomic E-state index is 0.159. The second kappa shape index (κ2) is 9.87. The highest BCUT2D eigenvalue weighted by Gasteiger charge is 2.17. The highest BCUT2D eigenvalue weighted by Crippen LogP contribution is 2.23. The molecule has 0 radical (unpaired) electrons. The number of sulfonamides is 1. The van der Waals surface area contributed by atoms with Crippen LogP contribution in [-0.2, 0) is 14.8 Å². The Balaban J connectivity index is 1.78. The van der Waals surface area contributed by atoms with Gasteiger partial charge in [-0.25, -0.2) is 13.2 Å². The molecule has 8 heteroatoms. The maximum atomic E-state index is 12.8. The lowest BCUT2D eigenvalue weighted by molar-refractivity contribution is 0.0526. The van der Waals surface area contributed by atoms with Crippen LogP contribution >= 0.6 is 0 Å². The lowest BCUT2D eigenvalue weighted by Crippen LogP contribution is -2.16. The summed E-state index contributed by atoms with van der Waals surface area (Å²) in [5.41, 5.74) is 3.91. The topological polar surface area (TPSA) is 102 Å². The first-order valence-electron chi connectivity index (χ1n) is 10.4. The number of anilines is 2. The summed E-state index contributed by atoms with van der Waals surface area (Å²) in [5, 5.41) is 2.80. The summed E-state index contributed by atoms with van der Waals surface area (Å²) in [4.78, 5) is 25.0. The minimum Gasteiger partial charge on any atom is -0.462 e. The van der Waals surface area contributed by atoms with E-state index >= 15 is 0 Å². The van der Waals surface area contributed by atoms with Crippen molar-refractivity contribution in [3.63, 3.8) is 0 Å². The van der Waals surface area contributed by atoms with E-state index in [2.05, 4.69) is 10.0 Å². The van der Waals surface area contributed by atoms with Gasteiger partial charge in [-0.15, -0.1) is 0 Å². The summed E-state index contributed by atoms with van der Waals surface area (Å²) in [6, 6.07) is 16.2. The normalized spacial score (nSPS) is 11.0. The third kappa shape index (κ3) is 5.78. The third-order valence-corrected chi connectivity index (χ3v) is 6.44. The summed E-state index contributed by atoms with van der Waals surface area (Å²) in [5.74, 6) is -0.843. The van der Waals surface area contributed by atoms with E-state index in [-0.39, 0.29) is 17.4 Å². The predicted molar refractivity (Wildman–Crippen MR) is 128 cm³/mol. The first-order valence-corrected chi connectivity index (χ1v) is 11.9. The molecular weight excluding hydrogens is 440 g/mol. The van der Waals surface area contributed by atoms with Crippen LogP contribution in [0.5, 0.6) is 0 Å². The van der Waals surface area contributed by atoms with Crippen molar-refractivity contribution >= 4 is 33.3 Å². The van der Waals surface area contributed by atoms with Crippen LogP contribution in [-0.4, -0.2) is 26.9 Å². The molecule has 0 aliphatic rings. The van der Waals surface area contributed by atoms with Gasteiger partial charge in [0, 0.05) is 11.3 Å². The van der Waals surface area contributed by atoms with Gasteiger partial charge in [0.25, 0.3) is 15.9 Å². The van der Waals surface area contributed by atoms with E-state index in [0.717, 1.165) is 11.1 Å². The van der Waals surface area contributed by atoms with Gasteiger partial charge >= 0.3 is 5.97 Å². The zero-order valence-corrected chi connectivity index (χ0v) is 19.7. The molecule has 0 bridgehead atoms. The molecule has 0 fully saturated rings. The van der Waals surface area contributed by atoms with Gasteiger partial charge in [-0.1, -0.05) is 23.8 Å². The van der Waals surface area contributed by atoms with E-state index in [4.69, 9.17) is 4.74 Å². The van der Waals surface area contributed by atoms with E-state index in [1.54, 1.807) is 74.5 Å². The van der Waals surface area contributed by atoms with Crippen LogP contribution in [0.3, 0.4) is 0 Å². The van der Waals surface area contributed by atoms with Crippen LogP contribution < -0.4 is 10.0 Å². The molecule has 0 aliphatic heterocycles. The zero-order chi connectivity index (χ0) is 24.2. The summed E-state index contributed by atoms with van der Waals surface area (Å²) >= 11 is 0. The van der Waals surface area contributed by atoms with Crippen molar-refractivity contribution in [1.82, 2.24) is 0 Å². The number of rotatable bonds is 7. The van der Waals surface area contributed by atoms with Crippen molar-refractivity contribution in [1.29, 1.82) is 0 Å². The average Bonchev–Trinajstić information content (AvgIpc) is 2.77. The molecule has 2 N–H and O–H groups in total. The van der Waals surface area contributed by atoms with Crippen LogP contribution in [0.25, 0.3) is 0 Å². The van der Waals surface area contributed by atoms with Crippen LogP contribution in [0.15, 0.2) is 65.6 Å². The number of benzene rings is 3. The fraction of sp³-hybridized carbons (Fsp3) is 0.200. The molecule has 0 saturated carbocycles. The Hall–Kier alpha value is -3.65. The smallest absolute Gasteiger partial charge is 0.338 e. The van der Waals surface area contributed by atoms with Crippen LogP contribution in [0.4, 0.5) is 11.4 Å². The van der Waals surface area contributed by atoms with Crippen molar-refractivity contribution in [2.45, 2.75) is 32.6 Å². The van der Waals surface area contributed by atoms with Crippen molar-refractivity contribution in [2.75, 3.05) is 16.6 Å². The average molecular weight is 467 g/mol. The molecule has 0 atom stereocenters. The van der Waals surface area contributed by atoms with Gasteiger partial charge in [0.1, 0.15) is 0 Å². The van der Waals surface area contributed by atoms with Gasteiger partial charge < -0.3 is 10.1 Å². The van der Waals surface area contributed by atoms with Crippen LogP contribution in [0.2, 0.25) is 0 Å². The predicted octanol–water partition coefficient (Wildman–Crippen LogP) is 4.84. The van der Waals surface area contributed by atoms with Gasteiger partial charge in [-0.2, -0.15) is 0 Å². The molecule has 7 nitrogen and oxygen atoms in total. The van der Waals surface area contributed by atoms with Crippen molar-refractivity contribution < 1.29 is 22.7 Å². The molecular formula is C25H26N2O5S. The summed E-state index contributed by atoms with van der Waals surface area (Å²) in [6.07, 6.45) is 0. The Kier molecular flexibility index (Phi) is 7.18. The molecule has 3 rings (SSSR count). The molecule has 172 valence electrons. The van der Waals surface area contributed by atoms with Crippen molar-refractivity contribution in [3.8, 4) is 0 Å². The number of hydrogen-bond donors (Lipinski definition) is 2. The molecule has 3 aromatic rings. The quantitative estimate of drug-likeness (QED) is 0.485. The van der Waals surface area contributed by atoms with Gasteiger partial charge in [0.05, 0.1) is 22.8 Å². The molecule has 0 aliphatic carbocycles. The second-order valence-electron chi connectivity index (χ2n) is 7.65. The molecule has 0 spiro atoms. The zero-order valence-electron chi connectivity index (χ0n) is 18.9. The van der Waals surface area contributed by atoms with Gasteiger partial charge in [0.2, 0.25) is 0 Å². The SMILES string of the molecule is CCOC(=O)c1ccc(C)c(NC(=O)c2ccc(NS(=O)(=O)c3ccc(C)cc3)c(C)c2)c1. The van der Waals surface area contributed by atoms with E-state index in [9.17, 15) is 18.0 Å². The van der Waals surface area contributed by atoms with Gasteiger partial charge in [-0.05, 0) is 81.3 Å². The Morgan fingerprint density at radius 3 is 2.12 bits per heavy atom. The summed E-state index contributed by atoms with van der Waals surface area (Å²) in [6.45, 7) is 7.40. The lowest BCUT2D eigenvalue weighted by atomic mass is 10.1. The number of carbonyl (C=O) groups is 2. The summed E-state index contributed by atoms with van der Waals surface area (Å²) < 4.78 is 32.9. The van der Waals surface area contributed by atoms with Crippen LogP contribution in [0, 0.1) is 20.8 Å². The van der Waals surface area contributed by atoms with Crippen molar-refractivity contribution in [2.24, 2.45) is 0 Å². The van der Waals surface area contributed by atoms with E-state index < -0.39 is 16.0 Å². The molecule has 0 aromatic heterocycles. The van der Waals surface area contributed by atoms with E-state index in [0.29, 0.717) is 28.1 Å². The Morgan fingerprint density at radius 2 is 1.48 bits per heavy atom. The first-order chi connectivity index (χ1) is 15.6. The molecule has 0 heterocycles. The Labute approximate surface area is 193 Å². The maximum absolute atomic E-state index is 12.8.